The standard InChI is InChI=1S/C28H21ClN4O2S/c1-2-14-35-24-13-12-18(15-21(24)29)26-19(17-32(31-26)20-8-4-3-5-9-20)16-25-27(34)33-23-11-7-6-10-22(23)30-28(33)36-25/h3-13,15-17H,2,14H2,1H3/b25-16-. The van der Waals surface area contributed by atoms with E-state index < -0.39 is 0 Å². The van der Waals surface area contributed by atoms with Crippen LogP contribution in [-0.4, -0.2) is 25.8 Å². The predicted molar refractivity (Wildman–Crippen MR) is 145 cm³/mol. The van der Waals surface area contributed by atoms with Crippen LogP contribution in [0.25, 0.3) is 39.0 Å². The Kier molecular flexibility index (Phi) is 5.79. The van der Waals surface area contributed by atoms with Crippen LogP contribution in [0.15, 0.2) is 83.8 Å². The van der Waals surface area contributed by atoms with Gasteiger partial charge in [0.05, 0.1) is 32.9 Å². The maximum absolute atomic E-state index is 13.4. The molecule has 0 aliphatic carbocycles. The maximum Gasteiger partial charge on any atom is 0.274 e. The van der Waals surface area contributed by atoms with Gasteiger partial charge in [0.1, 0.15) is 11.4 Å². The van der Waals surface area contributed by atoms with Crippen LogP contribution in [0.4, 0.5) is 0 Å². The number of hydrogen-bond donors (Lipinski definition) is 0. The van der Waals surface area contributed by atoms with Crippen LogP contribution in [0.2, 0.25) is 5.02 Å². The minimum absolute atomic E-state index is 0.0940. The first-order valence-corrected chi connectivity index (χ1v) is 12.8. The zero-order valence-electron chi connectivity index (χ0n) is 19.4. The highest BCUT2D eigenvalue weighted by Gasteiger charge is 2.15. The number of halogens is 1. The van der Waals surface area contributed by atoms with Gasteiger partial charge in [-0.05, 0) is 55.0 Å². The van der Waals surface area contributed by atoms with Crippen LogP contribution < -0.4 is 14.8 Å². The molecule has 0 radical (unpaired) electrons. The Morgan fingerprint density at radius 3 is 2.67 bits per heavy atom. The third kappa shape index (κ3) is 3.96. The SMILES string of the molecule is CCCOc1ccc(-c2nn(-c3ccccc3)cc2/C=c2\sc3nc4ccccc4n3c2=O)cc1Cl. The van der Waals surface area contributed by atoms with Gasteiger partial charge in [0.25, 0.3) is 5.56 Å². The molecule has 8 heteroatoms. The van der Waals surface area contributed by atoms with E-state index in [4.69, 9.17) is 21.4 Å². The van der Waals surface area contributed by atoms with Gasteiger partial charge in [-0.25, -0.2) is 14.1 Å². The topological polar surface area (TPSA) is 61.4 Å². The number of thiazole rings is 1. The van der Waals surface area contributed by atoms with Crippen LogP contribution in [0, 0.1) is 0 Å². The number of benzene rings is 3. The fraction of sp³-hybridized carbons (Fsp3) is 0.107. The Balaban J connectivity index is 1.52. The molecule has 0 aliphatic rings. The Bertz CT molecular complexity index is 1820. The molecule has 178 valence electrons. The lowest BCUT2D eigenvalue weighted by Gasteiger charge is -2.08. The fourth-order valence-corrected chi connectivity index (χ4v) is 5.37. The van der Waals surface area contributed by atoms with E-state index in [0.717, 1.165) is 40.0 Å². The van der Waals surface area contributed by atoms with Gasteiger partial charge in [-0.1, -0.05) is 60.2 Å². The molecular formula is C28H21ClN4O2S. The first-order valence-electron chi connectivity index (χ1n) is 11.6. The zero-order chi connectivity index (χ0) is 24.6. The Morgan fingerprint density at radius 1 is 1.06 bits per heavy atom. The van der Waals surface area contributed by atoms with Gasteiger partial charge in [0.15, 0.2) is 4.96 Å². The quantitative estimate of drug-likeness (QED) is 0.285. The summed E-state index contributed by atoms with van der Waals surface area (Å²) in [6.07, 6.45) is 4.71. The van der Waals surface area contributed by atoms with Gasteiger partial charge >= 0.3 is 0 Å². The molecule has 6 nitrogen and oxygen atoms in total. The van der Waals surface area contributed by atoms with E-state index in [1.807, 2.05) is 89.8 Å². The number of fused-ring (bicyclic) bond motifs is 3. The molecule has 0 unspecified atom stereocenters. The maximum atomic E-state index is 13.4. The second-order valence-corrected chi connectivity index (χ2v) is 9.76. The lowest BCUT2D eigenvalue weighted by Crippen LogP contribution is -2.22. The van der Waals surface area contributed by atoms with E-state index in [1.54, 1.807) is 4.40 Å². The molecule has 0 fully saturated rings. The smallest absolute Gasteiger partial charge is 0.274 e. The molecule has 0 aliphatic heterocycles. The minimum Gasteiger partial charge on any atom is -0.492 e. The molecule has 0 bridgehead atoms. The Labute approximate surface area is 215 Å². The molecule has 6 rings (SSSR count). The molecule has 0 saturated heterocycles. The van der Waals surface area contributed by atoms with E-state index in [-0.39, 0.29) is 5.56 Å². The fourth-order valence-electron chi connectivity index (χ4n) is 4.16. The van der Waals surface area contributed by atoms with Gasteiger partial charge in [-0.15, -0.1) is 0 Å². The molecule has 0 atom stereocenters. The summed E-state index contributed by atoms with van der Waals surface area (Å²) < 4.78 is 9.81. The number of ether oxygens (including phenoxy) is 1. The van der Waals surface area contributed by atoms with E-state index in [2.05, 4.69) is 11.9 Å². The van der Waals surface area contributed by atoms with Crippen molar-refractivity contribution in [2.45, 2.75) is 13.3 Å². The molecule has 3 heterocycles. The first kappa shape index (κ1) is 22.5. The molecular weight excluding hydrogens is 492 g/mol. The minimum atomic E-state index is -0.0940. The Hall–Kier alpha value is -3.94. The Morgan fingerprint density at radius 2 is 1.86 bits per heavy atom. The first-order chi connectivity index (χ1) is 17.6. The number of para-hydroxylation sites is 3. The third-order valence-electron chi connectivity index (χ3n) is 5.86. The monoisotopic (exact) mass is 512 g/mol. The van der Waals surface area contributed by atoms with Crippen molar-refractivity contribution >= 4 is 45.0 Å². The van der Waals surface area contributed by atoms with Crippen molar-refractivity contribution in [3.63, 3.8) is 0 Å². The summed E-state index contributed by atoms with van der Waals surface area (Å²) in [6.45, 7) is 2.65. The number of rotatable bonds is 6. The highest BCUT2D eigenvalue weighted by molar-refractivity contribution is 7.15. The van der Waals surface area contributed by atoms with E-state index >= 15 is 0 Å². The van der Waals surface area contributed by atoms with Crippen molar-refractivity contribution in [3.8, 4) is 22.7 Å². The second-order valence-electron chi connectivity index (χ2n) is 8.34. The molecule has 36 heavy (non-hydrogen) atoms. The number of hydrogen-bond acceptors (Lipinski definition) is 5. The third-order valence-corrected chi connectivity index (χ3v) is 7.13. The van der Waals surface area contributed by atoms with E-state index in [9.17, 15) is 4.79 Å². The van der Waals surface area contributed by atoms with Gasteiger partial charge in [-0.2, -0.15) is 5.10 Å². The van der Waals surface area contributed by atoms with Crippen molar-refractivity contribution in [2.75, 3.05) is 6.61 Å². The molecule has 0 saturated carbocycles. The summed E-state index contributed by atoms with van der Waals surface area (Å²) >= 11 is 7.91. The molecule has 3 aromatic heterocycles. The number of aromatic nitrogens is 4. The predicted octanol–water partition coefficient (Wildman–Crippen LogP) is 5.75. The van der Waals surface area contributed by atoms with Crippen molar-refractivity contribution < 1.29 is 4.74 Å². The molecule has 3 aromatic carbocycles. The molecule has 0 amide bonds. The zero-order valence-corrected chi connectivity index (χ0v) is 21.0. The second kappa shape index (κ2) is 9.26. The largest absolute Gasteiger partial charge is 0.492 e. The summed E-state index contributed by atoms with van der Waals surface area (Å²) in [5.74, 6) is 0.642. The lowest BCUT2D eigenvalue weighted by molar-refractivity contribution is 0.317. The highest BCUT2D eigenvalue weighted by atomic mass is 35.5. The highest BCUT2D eigenvalue weighted by Crippen LogP contribution is 2.32. The molecule has 0 spiro atoms. The lowest BCUT2D eigenvalue weighted by atomic mass is 10.1. The summed E-state index contributed by atoms with van der Waals surface area (Å²) in [4.78, 5) is 18.7. The van der Waals surface area contributed by atoms with Crippen molar-refractivity contribution in [1.82, 2.24) is 19.2 Å². The summed E-state index contributed by atoms with van der Waals surface area (Å²) in [7, 11) is 0. The summed E-state index contributed by atoms with van der Waals surface area (Å²) in [5.41, 5.74) is 4.81. The van der Waals surface area contributed by atoms with Crippen molar-refractivity contribution in [2.24, 2.45) is 0 Å². The summed E-state index contributed by atoms with van der Waals surface area (Å²) in [6, 6.07) is 23.2. The summed E-state index contributed by atoms with van der Waals surface area (Å²) in [5, 5.41) is 5.39. The van der Waals surface area contributed by atoms with Crippen LogP contribution in [0.3, 0.4) is 0 Å². The van der Waals surface area contributed by atoms with E-state index in [0.29, 0.717) is 26.9 Å². The van der Waals surface area contributed by atoms with Gasteiger partial charge < -0.3 is 4.74 Å². The molecule has 0 N–H and O–H groups in total. The normalized spacial score (nSPS) is 12.1. The number of nitrogens with zero attached hydrogens (tertiary/aromatic N) is 4. The van der Waals surface area contributed by atoms with Gasteiger partial charge in [0.2, 0.25) is 0 Å². The van der Waals surface area contributed by atoms with Crippen LogP contribution in [0.1, 0.15) is 18.9 Å². The van der Waals surface area contributed by atoms with E-state index in [1.165, 1.54) is 11.3 Å². The van der Waals surface area contributed by atoms with Crippen LogP contribution in [-0.2, 0) is 0 Å². The van der Waals surface area contributed by atoms with Gasteiger partial charge in [0, 0.05) is 17.3 Å². The van der Waals surface area contributed by atoms with Crippen LogP contribution >= 0.6 is 22.9 Å². The number of imidazole rings is 1. The van der Waals surface area contributed by atoms with Gasteiger partial charge in [-0.3, -0.25) is 4.79 Å². The molecule has 6 aromatic rings. The van der Waals surface area contributed by atoms with Crippen molar-refractivity contribution in [3.05, 3.63) is 104 Å². The average molecular weight is 513 g/mol. The van der Waals surface area contributed by atoms with Crippen molar-refractivity contribution in [1.29, 1.82) is 0 Å². The van der Waals surface area contributed by atoms with Crippen LogP contribution in [0.5, 0.6) is 5.75 Å². The average Bonchev–Trinajstić information content (AvgIpc) is 3.57.